The van der Waals surface area contributed by atoms with Crippen molar-refractivity contribution < 1.29 is 28.6 Å². The Bertz CT molecular complexity index is 1290. The van der Waals surface area contributed by atoms with Crippen LogP contribution in [0.3, 0.4) is 0 Å². The number of aromatic nitrogens is 1. The van der Waals surface area contributed by atoms with Gasteiger partial charge in [-0.05, 0) is 37.1 Å². The van der Waals surface area contributed by atoms with E-state index in [2.05, 4.69) is 10.3 Å². The second-order valence-electron chi connectivity index (χ2n) is 8.50. The van der Waals surface area contributed by atoms with Crippen molar-refractivity contribution in [3.05, 3.63) is 59.0 Å². The van der Waals surface area contributed by atoms with Gasteiger partial charge in [0.05, 0.1) is 12.7 Å². The number of amides is 3. The third kappa shape index (κ3) is 4.08. The van der Waals surface area contributed by atoms with Crippen LogP contribution in [-0.4, -0.2) is 52.6 Å². The van der Waals surface area contributed by atoms with Gasteiger partial charge in [0.15, 0.2) is 5.58 Å². The van der Waals surface area contributed by atoms with Gasteiger partial charge in [0.25, 0.3) is 5.91 Å². The van der Waals surface area contributed by atoms with Crippen molar-refractivity contribution in [3.8, 4) is 5.75 Å². The van der Waals surface area contributed by atoms with Crippen LogP contribution in [0.15, 0.2) is 40.9 Å². The molecule has 10 nitrogen and oxygen atoms in total. The number of furan rings is 1. The summed E-state index contributed by atoms with van der Waals surface area (Å²) in [6.07, 6.45) is 0.571. The Hall–Kier alpha value is -3.92. The largest absolute Gasteiger partial charge is 0.497 e. The van der Waals surface area contributed by atoms with Gasteiger partial charge in [-0.3, -0.25) is 19.4 Å². The van der Waals surface area contributed by atoms with Gasteiger partial charge in [0, 0.05) is 30.9 Å². The smallest absolute Gasteiger partial charge is 0.254 e. The zero-order valence-electron chi connectivity index (χ0n) is 19.1. The van der Waals surface area contributed by atoms with Gasteiger partial charge >= 0.3 is 0 Å². The highest BCUT2D eigenvalue weighted by Crippen LogP contribution is 2.34. The SMILES string of the molecule is CCC(O)NC(=O)C(C)(CN1Cc2ccc(OC)cc2C1=O)c1cc2ncc(C(N)=O)cc2o1. The molecule has 3 heterocycles. The van der Waals surface area contributed by atoms with E-state index in [1.54, 1.807) is 36.9 Å². The summed E-state index contributed by atoms with van der Waals surface area (Å²) in [5, 5.41) is 12.6. The van der Waals surface area contributed by atoms with Crippen molar-refractivity contribution in [3.63, 3.8) is 0 Å². The average Bonchev–Trinajstić information content (AvgIpc) is 3.39. The molecule has 0 saturated carbocycles. The summed E-state index contributed by atoms with van der Waals surface area (Å²) >= 11 is 0. The van der Waals surface area contributed by atoms with E-state index in [-0.39, 0.29) is 29.4 Å². The lowest BCUT2D eigenvalue weighted by Crippen LogP contribution is -2.52. The standard InChI is InChI=1S/C24H26N4O6/c1-4-20(29)27-23(32)24(2,19-9-17-18(34-19)7-14(10-26-17)21(25)30)12-28-11-13-5-6-15(33-3)8-16(13)22(28)31/h5-10,20,29H,4,11-12H2,1-3H3,(H2,25,30)(H,27,32). The van der Waals surface area contributed by atoms with Crippen LogP contribution in [-0.2, 0) is 16.8 Å². The van der Waals surface area contributed by atoms with Crippen molar-refractivity contribution in [2.24, 2.45) is 5.73 Å². The molecule has 0 bridgehead atoms. The molecule has 0 saturated heterocycles. The van der Waals surface area contributed by atoms with E-state index >= 15 is 0 Å². The fourth-order valence-corrected chi connectivity index (χ4v) is 3.98. The van der Waals surface area contributed by atoms with Gasteiger partial charge in [-0.15, -0.1) is 0 Å². The number of hydrogen-bond donors (Lipinski definition) is 3. The molecule has 1 aliphatic rings. The van der Waals surface area contributed by atoms with Crippen LogP contribution in [0.2, 0.25) is 0 Å². The fraction of sp³-hybridized carbons (Fsp3) is 0.333. The lowest BCUT2D eigenvalue weighted by molar-refractivity contribution is -0.130. The molecule has 3 aromatic rings. The summed E-state index contributed by atoms with van der Waals surface area (Å²) in [5.41, 5.74) is 6.17. The van der Waals surface area contributed by atoms with Crippen molar-refractivity contribution >= 4 is 28.8 Å². The number of carbonyl (C=O) groups is 3. The van der Waals surface area contributed by atoms with Gasteiger partial charge in [0.1, 0.15) is 28.7 Å². The molecule has 0 fully saturated rings. The number of rotatable bonds is 8. The third-order valence-electron chi connectivity index (χ3n) is 6.09. The zero-order valence-corrected chi connectivity index (χ0v) is 19.1. The number of nitrogens with two attached hydrogens (primary N) is 1. The molecule has 2 aromatic heterocycles. The van der Waals surface area contributed by atoms with E-state index in [0.717, 1.165) is 5.56 Å². The number of pyridine rings is 1. The van der Waals surface area contributed by atoms with Gasteiger partial charge < -0.3 is 30.2 Å². The van der Waals surface area contributed by atoms with Crippen LogP contribution in [0, 0.1) is 0 Å². The first kappa shape index (κ1) is 23.2. The average molecular weight is 466 g/mol. The summed E-state index contributed by atoms with van der Waals surface area (Å²) in [6.45, 7) is 3.65. The normalized spacial score (nSPS) is 15.6. The van der Waals surface area contributed by atoms with Gasteiger partial charge in [-0.2, -0.15) is 0 Å². The maximum atomic E-state index is 13.4. The van der Waals surface area contributed by atoms with Crippen LogP contribution < -0.4 is 15.8 Å². The maximum Gasteiger partial charge on any atom is 0.254 e. The van der Waals surface area contributed by atoms with Crippen LogP contribution in [0.5, 0.6) is 5.75 Å². The number of hydrogen-bond acceptors (Lipinski definition) is 7. The number of aliphatic hydroxyl groups excluding tert-OH is 1. The highest BCUT2D eigenvalue weighted by molar-refractivity contribution is 6.00. The lowest BCUT2D eigenvalue weighted by Gasteiger charge is -2.31. The number of nitrogens with zero attached hydrogens (tertiary/aromatic N) is 2. The Balaban J connectivity index is 1.72. The number of ether oxygens (including phenoxy) is 1. The number of fused-ring (bicyclic) bond motifs is 2. The lowest BCUT2D eigenvalue weighted by atomic mass is 9.85. The van der Waals surface area contributed by atoms with Gasteiger partial charge in [-0.25, -0.2) is 0 Å². The summed E-state index contributed by atoms with van der Waals surface area (Å²) in [7, 11) is 1.53. The van der Waals surface area contributed by atoms with E-state index in [4.69, 9.17) is 14.9 Å². The second kappa shape index (κ2) is 8.79. The van der Waals surface area contributed by atoms with Crippen LogP contribution >= 0.6 is 0 Å². The molecule has 1 aliphatic heterocycles. The monoisotopic (exact) mass is 466 g/mol. The number of aliphatic hydroxyl groups is 1. The number of benzene rings is 1. The molecule has 4 rings (SSSR count). The number of carbonyl (C=O) groups excluding carboxylic acids is 3. The predicted molar refractivity (Wildman–Crippen MR) is 122 cm³/mol. The summed E-state index contributed by atoms with van der Waals surface area (Å²) in [5.74, 6) is -0.616. The van der Waals surface area contributed by atoms with Crippen molar-refractivity contribution in [2.75, 3.05) is 13.7 Å². The fourth-order valence-electron chi connectivity index (χ4n) is 3.98. The minimum atomic E-state index is -1.37. The Labute approximate surface area is 195 Å². The maximum absolute atomic E-state index is 13.4. The minimum absolute atomic E-state index is 0.0202. The van der Waals surface area contributed by atoms with E-state index in [0.29, 0.717) is 29.8 Å². The molecule has 1 aromatic carbocycles. The predicted octanol–water partition coefficient (Wildman–Crippen LogP) is 1.69. The molecule has 2 unspecified atom stereocenters. The van der Waals surface area contributed by atoms with Crippen molar-refractivity contribution in [1.29, 1.82) is 0 Å². The quantitative estimate of drug-likeness (QED) is 0.428. The van der Waals surface area contributed by atoms with Gasteiger partial charge in [0.2, 0.25) is 11.8 Å². The Morgan fingerprint density at radius 1 is 1.35 bits per heavy atom. The molecule has 2 atom stereocenters. The van der Waals surface area contributed by atoms with E-state index in [1.165, 1.54) is 19.4 Å². The van der Waals surface area contributed by atoms with Crippen molar-refractivity contribution in [1.82, 2.24) is 15.2 Å². The number of methoxy groups -OCH3 is 1. The molecule has 34 heavy (non-hydrogen) atoms. The van der Waals surface area contributed by atoms with Crippen molar-refractivity contribution in [2.45, 2.75) is 38.5 Å². The van der Waals surface area contributed by atoms with Crippen LogP contribution in [0.1, 0.15) is 52.3 Å². The Morgan fingerprint density at radius 3 is 2.79 bits per heavy atom. The first-order valence-corrected chi connectivity index (χ1v) is 10.8. The van der Waals surface area contributed by atoms with Crippen LogP contribution in [0.4, 0.5) is 0 Å². The molecular formula is C24H26N4O6. The highest BCUT2D eigenvalue weighted by Gasteiger charge is 2.44. The van der Waals surface area contributed by atoms with E-state index in [1.807, 2.05) is 6.07 Å². The zero-order chi connectivity index (χ0) is 24.6. The molecule has 0 radical (unpaired) electrons. The number of nitrogens with one attached hydrogen (secondary N) is 1. The summed E-state index contributed by atoms with van der Waals surface area (Å²) in [4.78, 5) is 43.8. The minimum Gasteiger partial charge on any atom is -0.497 e. The Morgan fingerprint density at radius 2 is 2.12 bits per heavy atom. The highest BCUT2D eigenvalue weighted by atomic mass is 16.5. The molecule has 3 amide bonds. The number of primary amides is 1. The topological polar surface area (TPSA) is 148 Å². The molecule has 4 N–H and O–H groups in total. The van der Waals surface area contributed by atoms with E-state index < -0.39 is 23.5 Å². The molecule has 0 spiro atoms. The first-order chi connectivity index (χ1) is 16.2. The molecule has 0 aliphatic carbocycles. The molecule has 178 valence electrons. The molecular weight excluding hydrogens is 440 g/mol. The van der Waals surface area contributed by atoms with E-state index in [9.17, 15) is 19.5 Å². The first-order valence-electron chi connectivity index (χ1n) is 10.8. The van der Waals surface area contributed by atoms with Crippen LogP contribution in [0.25, 0.3) is 11.1 Å². The van der Waals surface area contributed by atoms with Gasteiger partial charge in [-0.1, -0.05) is 13.0 Å². The second-order valence-corrected chi connectivity index (χ2v) is 8.50. The summed E-state index contributed by atoms with van der Waals surface area (Å²) < 4.78 is 11.2. The Kier molecular flexibility index (Phi) is 6.01. The molecule has 10 heteroatoms. The summed E-state index contributed by atoms with van der Waals surface area (Å²) in [6, 6.07) is 8.32. The third-order valence-corrected chi connectivity index (χ3v) is 6.09.